The Morgan fingerprint density at radius 3 is 2.44 bits per heavy atom. The molecule has 1 amide bonds. The molecule has 0 bridgehead atoms. The van der Waals surface area contributed by atoms with Crippen molar-refractivity contribution in [2.45, 2.75) is 57.5 Å². The van der Waals surface area contributed by atoms with Gasteiger partial charge in [0.05, 0.1) is 17.6 Å². The van der Waals surface area contributed by atoms with Crippen LogP contribution in [0.3, 0.4) is 0 Å². The average molecular weight is 495 g/mol. The Morgan fingerprint density at radius 2 is 1.69 bits per heavy atom. The van der Waals surface area contributed by atoms with Crippen LogP contribution in [0.15, 0.2) is 53.0 Å². The van der Waals surface area contributed by atoms with Crippen molar-refractivity contribution in [3.05, 3.63) is 58.8 Å². The molecule has 1 saturated heterocycles. The van der Waals surface area contributed by atoms with E-state index in [0.29, 0.717) is 6.04 Å². The number of para-hydroxylation sites is 2. The zero-order valence-electron chi connectivity index (χ0n) is 18.5. The number of carbonyl (C=O) groups excluding carboxylic acids is 1. The first-order chi connectivity index (χ1) is 15.7. The Hall–Kier alpha value is -2.18. The van der Waals surface area contributed by atoms with Gasteiger partial charge in [-0.1, -0.05) is 47.3 Å². The predicted molar refractivity (Wildman–Crippen MR) is 132 cm³/mol. The molecule has 0 unspecified atom stereocenters. The standard InChI is InChI=1S/C26H31BrN4O/c27-20-10-12-22(13-11-20)31-24-9-5-4-8-23(24)29-25(31)18-30-16-14-19(15-17-30)26(32)28-21-6-2-1-3-7-21/h4-5,8-13,19,21H,1-3,6-7,14-18H2,(H,28,32). The Kier molecular flexibility index (Phi) is 6.60. The average Bonchev–Trinajstić information content (AvgIpc) is 3.18. The summed E-state index contributed by atoms with van der Waals surface area (Å²) in [7, 11) is 0. The van der Waals surface area contributed by atoms with Crippen molar-refractivity contribution in [1.82, 2.24) is 19.8 Å². The van der Waals surface area contributed by atoms with E-state index < -0.39 is 0 Å². The van der Waals surface area contributed by atoms with Gasteiger partial charge in [0.2, 0.25) is 5.91 Å². The number of nitrogens with zero attached hydrogens (tertiary/aromatic N) is 3. The van der Waals surface area contributed by atoms with Gasteiger partial charge in [0.25, 0.3) is 0 Å². The topological polar surface area (TPSA) is 50.2 Å². The molecule has 2 aliphatic rings. The second kappa shape index (κ2) is 9.75. The monoisotopic (exact) mass is 494 g/mol. The van der Waals surface area contributed by atoms with Gasteiger partial charge < -0.3 is 5.32 Å². The van der Waals surface area contributed by atoms with Crippen LogP contribution >= 0.6 is 15.9 Å². The van der Waals surface area contributed by atoms with Crippen LogP contribution in [0.4, 0.5) is 0 Å². The lowest BCUT2D eigenvalue weighted by atomic mass is 9.92. The molecule has 1 N–H and O–H groups in total. The third kappa shape index (κ3) is 4.76. The Labute approximate surface area is 198 Å². The van der Waals surface area contributed by atoms with Gasteiger partial charge in [0.15, 0.2) is 0 Å². The van der Waals surface area contributed by atoms with Crippen molar-refractivity contribution in [2.75, 3.05) is 13.1 Å². The van der Waals surface area contributed by atoms with E-state index in [-0.39, 0.29) is 11.8 Å². The van der Waals surface area contributed by atoms with Crippen molar-refractivity contribution < 1.29 is 4.79 Å². The number of carbonyl (C=O) groups is 1. The van der Waals surface area contributed by atoms with Crippen LogP contribution in [-0.4, -0.2) is 39.5 Å². The van der Waals surface area contributed by atoms with Crippen molar-refractivity contribution >= 4 is 32.9 Å². The minimum atomic E-state index is 0.151. The summed E-state index contributed by atoms with van der Waals surface area (Å²) in [6.07, 6.45) is 7.98. The van der Waals surface area contributed by atoms with Gasteiger partial charge >= 0.3 is 0 Å². The maximum Gasteiger partial charge on any atom is 0.223 e. The van der Waals surface area contributed by atoms with Crippen molar-refractivity contribution in [3.63, 3.8) is 0 Å². The molecule has 0 radical (unpaired) electrons. The molecule has 1 aromatic heterocycles. The van der Waals surface area contributed by atoms with Crippen LogP contribution in [0.5, 0.6) is 0 Å². The smallest absolute Gasteiger partial charge is 0.223 e. The molecule has 1 saturated carbocycles. The van der Waals surface area contributed by atoms with E-state index in [1.807, 2.05) is 6.07 Å². The summed E-state index contributed by atoms with van der Waals surface area (Å²) in [5.41, 5.74) is 3.28. The molecule has 0 spiro atoms. The third-order valence-corrected chi connectivity index (χ3v) is 7.52. The molecule has 6 heteroatoms. The lowest BCUT2D eigenvalue weighted by Crippen LogP contribution is -2.44. The van der Waals surface area contributed by atoms with Crippen LogP contribution in [0.2, 0.25) is 0 Å². The lowest BCUT2D eigenvalue weighted by Gasteiger charge is -2.32. The summed E-state index contributed by atoms with van der Waals surface area (Å²) >= 11 is 3.54. The number of amides is 1. The SMILES string of the molecule is O=C(NC1CCCCC1)C1CCN(Cc2nc3ccccc3n2-c2ccc(Br)cc2)CC1. The maximum atomic E-state index is 12.8. The fraction of sp³-hybridized carbons (Fsp3) is 0.462. The molecule has 2 heterocycles. The first-order valence-electron chi connectivity index (χ1n) is 11.9. The van der Waals surface area contributed by atoms with E-state index >= 15 is 0 Å². The van der Waals surface area contributed by atoms with Crippen molar-refractivity contribution in [1.29, 1.82) is 0 Å². The highest BCUT2D eigenvalue weighted by atomic mass is 79.9. The summed E-state index contributed by atoms with van der Waals surface area (Å²) in [5.74, 6) is 1.48. The van der Waals surface area contributed by atoms with Crippen LogP contribution in [0.25, 0.3) is 16.7 Å². The molecule has 5 nitrogen and oxygen atoms in total. The highest BCUT2D eigenvalue weighted by Crippen LogP contribution is 2.26. The number of rotatable bonds is 5. The highest BCUT2D eigenvalue weighted by molar-refractivity contribution is 9.10. The molecule has 1 aliphatic carbocycles. The first kappa shape index (κ1) is 21.7. The zero-order chi connectivity index (χ0) is 21.9. The largest absolute Gasteiger partial charge is 0.353 e. The van der Waals surface area contributed by atoms with Gasteiger partial charge in [-0.15, -0.1) is 0 Å². The number of nitrogens with one attached hydrogen (secondary N) is 1. The van der Waals surface area contributed by atoms with E-state index in [9.17, 15) is 4.79 Å². The maximum absolute atomic E-state index is 12.8. The molecule has 5 rings (SSSR count). The highest BCUT2D eigenvalue weighted by Gasteiger charge is 2.28. The van der Waals surface area contributed by atoms with E-state index in [1.165, 1.54) is 19.3 Å². The van der Waals surface area contributed by atoms with Crippen molar-refractivity contribution in [3.8, 4) is 5.69 Å². The van der Waals surface area contributed by atoms with E-state index in [2.05, 4.69) is 73.2 Å². The second-order valence-electron chi connectivity index (χ2n) is 9.22. The van der Waals surface area contributed by atoms with Crippen LogP contribution in [0, 0.1) is 5.92 Å². The Morgan fingerprint density at radius 1 is 0.969 bits per heavy atom. The fourth-order valence-corrected chi connectivity index (χ4v) is 5.44. The fourth-order valence-electron chi connectivity index (χ4n) is 5.18. The molecule has 32 heavy (non-hydrogen) atoms. The molecule has 2 fully saturated rings. The molecule has 2 aromatic carbocycles. The number of hydrogen-bond donors (Lipinski definition) is 1. The number of piperidine rings is 1. The number of aromatic nitrogens is 2. The molecule has 1 aliphatic heterocycles. The minimum absolute atomic E-state index is 0.151. The summed E-state index contributed by atoms with van der Waals surface area (Å²) in [6.45, 7) is 2.67. The number of halogens is 1. The second-order valence-corrected chi connectivity index (χ2v) is 10.1. The van der Waals surface area contributed by atoms with Gasteiger partial charge in [-0.2, -0.15) is 0 Å². The summed E-state index contributed by atoms with van der Waals surface area (Å²) in [4.78, 5) is 20.2. The molecular weight excluding hydrogens is 464 g/mol. The van der Waals surface area contributed by atoms with Crippen molar-refractivity contribution in [2.24, 2.45) is 5.92 Å². The van der Waals surface area contributed by atoms with E-state index in [4.69, 9.17) is 4.98 Å². The molecule has 3 aromatic rings. The summed E-state index contributed by atoms with van der Waals surface area (Å²) in [5, 5.41) is 3.33. The Balaban J connectivity index is 1.27. The van der Waals surface area contributed by atoms with E-state index in [0.717, 1.165) is 72.3 Å². The molecule has 168 valence electrons. The quantitative estimate of drug-likeness (QED) is 0.512. The van der Waals surface area contributed by atoms with Gasteiger partial charge in [-0.05, 0) is 75.2 Å². The number of imidazole rings is 1. The minimum Gasteiger partial charge on any atom is -0.353 e. The third-order valence-electron chi connectivity index (χ3n) is 6.99. The van der Waals surface area contributed by atoms with Gasteiger partial charge in [-0.25, -0.2) is 4.98 Å². The summed E-state index contributed by atoms with van der Waals surface area (Å²) < 4.78 is 3.34. The first-order valence-corrected chi connectivity index (χ1v) is 12.7. The van der Waals surface area contributed by atoms with Crippen LogP contribution in [-0.2, 0) is 11.3 Å². The number of fused-ring (bicyclic) bond motifs is 1. The number of benzene rings is 2. The number of hydrogen-bond acceptors (Lipinski definition) is 3. The Bertz CT molecular complexity index is 1060. The van der Waals surface area contributed by atoms with Crippen LogP contribution in [0.1, 0.15) is 50.8 Å². The molecule has 0 atom stereocenters. The lowest BCUT2D eigenvalue weighted by molar-refractivity contribution is -0.127. The zero-order valence-corrected chi connectivity index (χ0v) is 20.1. The normalized spacial score (nSPS) is 18.8. The van der Waals surface area contributed by atoms with Gasteiger partial charge in [-0.3, -0.25) is 14.3 Å². The van der Waals surface area contributed by atoms with E-state index in [1.54, 1.807) is 0 Å². The summed E-state index contributed by atoms with van der Waals surface area (Å²) in [6, 6.07) is 17.1. The molecular formula is C26H31BrN4O. The number of likely N-dealkylation sites (tertiary alicyclic amines) is 1. The predicted octanol–water partition coefficient (Wildman–Crippen LogP) is 5.45. The van der Waals surface area contributed by atoms with Gasteiger partial charge in [0, 0.05) is 22.1 Å². The van der Waals surface area contributed by atoms with Crippen LogP contribution < -0.4 is 5.32 Å². The van der Waals surface area contributed by atoms with Gasteiger partial charge in [0.1, 0.15) is 5.82 Å².